The van der Waals surface area contributed by atoms with E-state index in [9.17, 15) is 14.4 Å². The number of benzene rings is 1. The Hall–Kier alpha value is -3.03. The fourth-order valence-corrected chi connectivity index (χ4v) is 2.29. The Morgan fingerprint density at radius 1 is 1.22 bits per heavy atom. The van der Waals surface area contributed by atoms with Crippen LogP contribution in [-0.4, -0.2) is 50.6 Å². The molecule has 8 nitrogen and oxygen atoms in total. The number of carbonyl (C=O) groups excluding carboxylic acids is 3. The second-order valence-electron chi connectivity index (χ2n) is 5.01. The molecule has 0 atom stereocenters. The molecule has 0 radical (unpaired) electrons. The van der Waals surface area contributed by atoms with Gasteiger partial charge >= 0.3 is 5.97 Å². The lowest BCUT2D eigenvalue weighted by atomic mass is 10.2. The van der Waals surface area contributed by atoms with Crippen LogP contribution in [0.4, 0.5) is 0 Å². The first-order valence-electron chi connectivity index (χ1n) is 7.10. The summed E-state index contributed by atoms with van der Waals surface area (Å²) in [7, 11) is 0. The number of amides is 2. The lowest BCUT2D eigenvalue weighted by Gasteiger charge is -2.13. The van der Waals surface area contributed by atoms with E-state index < -0.39 is 18.5 Å². The minimum absolute atomic E-state index is 0.219. The Balaban J connectivity index is 1.58. The molecule has 3 rings (SSSR count). The topological polar surface area (TPSA) is 94.4 Å². The summed E-state index contributed by atoms with van der Waals surface area (Å²) in [6.07, 6.45) is 3.97. The summed E-state index contributed by atoms with van der Waals surface area (Å²) < 4.78 is 6.52. The maximum absolute atomic E-state index is 11.9. The van der Waals surface area contributed by atoms with Gasteiger partial charge in [-0.3, -0.25) is 14.5 Å². The van der Waals surface area contributed by atoms with Crippen LogP contribution in [0.1, 0.15) is 23.2 Å². The molecule has 0 saturated carbocycles. The second-order valence-corrected chi connectivity index (χ2v) is 5.01. The summed E-state index contributed by atoms with van der Waals surface area (Å²) >= 11 is 0. The van der Waals surface area contributed by atoms with Gasteiger partial charge in [-0.25, -0.2) is 14.5 Å². The molecule has 1 aliphatic heterocycles. The van der Waals surface area contributed by atoms with Crippen molar-refractivity contribution in [2.24, 2.45) is 0 Å². The summed E-state index contributed by atoms with van der Waals surface area (Å²) in [6.45, 7) is -0.0444. The zero-order chi connectivity index (χ0) is 16.2. The molecule has 1 aromatic heterocycles. The summed E-state index contributed by atoms with van der Waals surface area (Å²) in [5, 5.41) is 3.98. The molecule has 0 N–H and O–H groups in total. The highest BCUT2D eigenvalue weighted by Crippen LogP contribution is 2.11. The SMILES string of the molecule is O=C(OCC(=O)N1CCCC1=O)c1ccc(-n2cncn2)cc1. The van der Waals surface area contributed by atoms with E-state index in [1.54, 1.807) is 35.3 Å². The van der Waals surface area contributed by atoms with E-state index in [-0.39, 0.29) is 5.91 Å². The highest BCUT2D eigenvalue weighted by Gasteiger charge is 2.27. The highest BCUT2D eigenvalue weighted by atomic mass is 16.5. The Labute approximate surface area is 131 Å². The molecule has 118 valence electrons. The van der Waals surface area contributed by atoms with Crippen LogP contribution >= 0.6 is 0 Å². The van der Waals surface area contributed by atoms with Gasteiger partial charge in [0.1, 0.15) is 12.7 Å². The first-order chi connectivity index (χ1) is 11.1. The predicted molar refractivity (Wildman–Crippen MR) is 77.6 cm³/mol. The van der Waals surface area contributed by atoms with Gasteiger partial charge in [-0.05, 0) is 30.7 Å². The number of rotatable bonds is 4. The zero-order valence-corrected chi connectivity index (χ0v) is 12.2. The number of nitrogens with zero attached hydrogens (tertiary/aromatic N) is 4. The maximum atomic E-state index is 11.9. The molecule has 0 aliphatic carbocycles. The average Bonchev–Trinajstić information content (AvgIpc) is 3.24. The zero-order valence-electron chi connectivity index (χ0n) is 12.2. The quantitative estimate of drug-likeness (QED) is 0.766. The Bertz CT molecular complexity index is 724. The number of aromatic nitrogens is 3. The monoisotopic (exact) mass is 314 g/mol. The van der Waals surface area contributed by atoms with E-state index >= 15 is 0 Å². The minimum atomic E-state index is -0.616. The predicted octanol–water partition coefficient (Wildman–Crippen LogP) is 0.573. The molecular weight excluding hydrogens is 300 g/mol. The standard InChI is InChI=1S/C15H14N4O4/c20-13-2-1-7-18(13)14(21)8-23-15(22)11-3-5-12(6-4-11)19-10-16-9-17-19/h3-6,9-10H,1-2,7-8H2. The van der Waals surface area contributed by atoms with E-state index in [0.717, 1.165) is 10.6 Å². The van der Waals surface area contributed by atoms with Crippen molar-refractivity contribution in [3.8, 4) is 5.69 Å². The van der Waals surface area contributed by atoms with Gasteiger partial charge in [0.2, 0.25) is 5.91 Å². The number of likely N-dealkylation sites (tertiary alicyclic amines) is 1. The van der Waals surface area contributed by atoms with Crippen LogP contribution in [0.3, 0.4) is 0 Å². The van der Waals surface area contributed by atoms with Crippen LogP contribution in [0, 0.1) is 0 Å². The van der Waals surface area contributed by atoms with Crippen molar-refractivity contribution in [2.75, 3.05) is 13.2 Å². The molecule has 0 spiro atoms. The van der Waals surface area contributed by atoms with Crippen molar-refractivity contribution >= 4 is 17.8 Å². The molecule has 1 fully saturated rings. The lowest BCUT2D eigenvalue weighted by Crippen LogP contribution is -2.35. The third-order valence-electron chi connectivity index (χ3n) is 3.49. The molecular formula is C15H14N4O4. The van der Waals surface area contributed by atoms with Crippen LogP contribution in [0.15, 0.2) is 36.9 Å². The molecule has 0 unspecified atom stereocenters. The van der Waals surface area contributed by atoms with Crippen LogP contribution in [-0.2, 0) is 14.3 Å². The molecule has 2 heterocycles. The third kappa shape index (κ3) is 3.25. The van der Waals surface area contributed by atoms with E-state index in [0.29, 0.717) is 24.9 Å². The van der Waals surface area contributed by atoms with Gasteiger partial charge in [-0.2, -0.15) is 5.10 Å². The summed E-state index contributed by atoms with van der Waals surface area (Å²) in [5.41, 5.74) is 1.06. The molecule has 2 aromatic rings. The molecule has 23 heavy (non-hydrogen) atoms. The van der Waals surface area contributed by atoms with Gasteiger partial charge in [0.25, 0.3) is 5.91 Å². The molecule has 0 bridgehead atoms. The van der Waals surface area contributed by atoms with Crippen molar-refractivity contribution in [1.82, 2.24) is 19.7 Å². The lowest BCUT2D eigenvalue weighted by molar-refractivity contribution is -0.143. The number of ether oxygens (including phenoxy) is 1. The van der Waals surface area contributed by atoms with Crippen LogP contribution in [0.5, 0.6) is 0 Å². The van der Waals surface area contributed by atoms with Crippen molar-refractivity contribution in [3.05, 3.63) is 42.5 Å². The molecule has 1 aliphatic rings. The van der Waals surface area contributed by atoms with Gasteiger partial charge < -0.3 is 4.74 Å². The normalized spacial score (nSPS) is 14.1. The van der Waals surface area contributed by atoms with E-state index in [4.69, 9.17) is 4.74 Å². The fourth-order valence-electron chi connectivity index (χ4n) is 2.29. The largest absolute Gasteiger partial charge is 0.452 e. The van der Waals surface area contributed by atoms with Gasteiger partial charge in [0.15, 0.2) is 6.61 Å². The number of hydrogen-bond donors (Lipinski definition) is 0. The van der Waals surface area contributed by atoms with E-state index in [1.165, 1.54) is 6.33 Å². The first kappa shape index (κ1) is 14.9. The van der Waals surface area contributed by atoms with Crippen LogP contribution in [0.25, 0.3) is 5.69 Å². The van der Waals surface area contributed by atoms with Gasteiger partial charge in [-0.15, -0.1) is 0 Å². The second kappa shape index (κ2) is 6.39. The van der Waals surface area contributed by atoms with Gasteiger partial charge in [-0.1, -0.05) is 0 Å². The Kier molecular flexibility index (Phi) is 4.13. The van der Waals surface area contributed by atoms with Crippen molar-refractivity contribution in [3.63, 3.8) is 0 Å². The fraction of sp³-hybridized carbons (Fsp3) is 0.267. The smallest absolute Gasteiger partial charge is 0.338 e. The maximum Gasteiger partial charge on any atom is 0.338 e. The Morgan fingerprint density at radius 2 is 2.00 bits per heavy atom. The first-order valence-corrected chi connectivity index (χ1v) is 7.10. The minimum Gasteiger partial charge on any atom is -0.452 e. The van der Waals surface area contributed by atoms with Crippen LogP contribution < -0.4 is 0 Å². The van der Waals surface area contributed by atoms with Gasteiger partial charge in [0, 0.05) is 13.0 Å². The number of carbonyl (C=O) groups is 3. The molecule has 8 heteroatoms. The van der Waals surface area contributed by atoms with Gasteiger partial charge in [0.05, 0.1) is 11.3 Å². The van der Waals surface area contributed by atoms with Crippen LogP contribution in [0.2, 0.25) is 0 Å². The van der Waals surface area contributed by atoms with E-state index in [1.807, 2.05) is 0 Å². The Morgan fingerprint density at radius 3 is 2.61 bits per heavy atom. The number of imide groups is 1. The van der Waals surface area contributed by atoms with E-state index in [2.05, 4.69) is 10.1 Å². The summed E-state index contributed by atoms with van der Waals surface area (Å²) in [5.74, 6) is -1.32. The number of hydrogen-bond acceptors (Lipinski definition) is 6. The molecule has 1 aromatic carbocycles. The summed E-state index contributed by atoms with van der Waals surface area (Å²) in [4.78, 5) is 40.1. The summed E-state index contributed by atoms with van der Waals surface area (Å²) in [6, 6.07) is 6.53. The number of esters is 1. The average molecular weight is 314 g/mol. The third-order valence-corrected chi connectivity index (χ3v) is 3.49. The van der Waals surface area contributed by atoms with Crippen molar-refractivity contribution < 1.29 is 19.1 Å². The van der Waals surface area contributed by atoms with Crippen molar-refractivity contribution in [2.45, 2.75) is 12.8 Å². The van der Waals surface area contributed by atoms with Crippen molar-refractivity contribution in [1.29, 1.82) is 0 Å². The molecule has 2 amide bonds. The highest BCUT2D eigenvalue weighted by molar-refractivity contribution is 5.98. The molecule has 1 saturated heterocycles.